The van der Waals surface area contributed by atoms with E-state index in [4.69, 9.17) is 16.4 Å². The minimum Gasteiger partial charge on any atom is -0.392 e. The highest BCUT2D eigenvalue weighted by Gasteiger charge is 2.30. The number of sulfone groups is 1. The first-order valence-corrected chi connectivity index (χ1v) is 9.93. The molecule has 0 amide bonds. The number of carbonyl (C=O) groups excluding carboxylic acids is 1. The molecule has 1 atom stereocenters. The Morgan fingerprint density at radius 2 is 2.08 bits per heavy atom. The van der Waals surface area contributed by atoms with Crippen LogP contribution >= 0.6 is 11.6 Å². The lowest BCUT2D eigenvalue weighted by molar-refractivity contribution is 0.0995. The summed E-state index contributed by atoms with van der Waals surface area (Å²) in [5, 5.41) is 6.45. The molecule has 2 aromatic rings. The number of hydrogen-bond acceptors (Lipinski definition) is 6. The standard InChI is InChI=1S/C16H16ClN3O5S/c1-8-6-11(19-25-8)13-12(26(3,23)24)5-4-9(14(13)17)15(21)10-7-18-20(2)16(10)22/h4-5,7-8,18H,6H2,1-3H3. The number of oxime groups is 1. The molecule has 26 heavy (non-hydrogen) atoms. The van der Waals surface area contributed by atoms with Crippen LogP contribution in [-0.4, -0.2) is 42.1 Å². The van der Waals surface area contributed by atoms with Crippen LogP contribution in [0.25, 0.3) is 0 Å². The maximum Gasteiger partial charge on any atom is 0.277 e. The van der Waals surface area contributed by atoms with Gasteiger partial charge in [-0.25, -0.2) is 8.42 Å². The molecule has 1 unspecified atom stereocenters. The lowest BCUT2D eigenvalue weighted by Gasteiger charge is -2.12. The van der Waals surface area contributed by atoms with E-state index in [0.717, 1.165) is 10.9 Å². The molecule has 0 spiro atoms. The largest absolute Gasteiger partial charge is 0.392 e. The van der Waals surface area contributed by atoms with Crippen LogP contribution in [0, 0.1) is 0 Å². The van der Waals surface area contributed by atoms with Crippen molar-refractivity contribution in [2.75, 3.05) is 6.26 Å². The predicted octanol–water partition coefficient (Wildman–Crippen LogP) is 1.51. The van der Waals surface area contributed by atoms with Crippen molar-refractivity contribution in [1.82, 2.24) is 9.78 Å². The average Bonchev–Trinajstić information content (AvgIpc) is 3.12. The molecule has 1 aliphatic heterocycles. The van der Waals surface area contributed by atoms with Crippen molar-refractivity contribution in [3.8, 4) is 0 Å². The fourth-order valence-corrected chi connectivity index (χ4v) is 4.05. The predicted molar refractivity (Wildman–Crippen MR) is 95.7 cm³/mol. The summed E-state index contributed by atoms with van der Waals surface area (Å²) in [5.74, 6) is -0.606. The monoisotopic (exact) mass is 397 g/mol. The second-order valence-corrected chi connectivity index (χ2v) is 8.47. The van der Waals surface area contributed by atoms with Gasteiger partial charge in [0.1, 0.15) is 11.7 Å². The minimum atomic E-state index is -3.63. The number of aryl methyl sites for hydroxylation is 1. The molecule has 0 saturated carbocycles. The van der Waals surface area contributed by atoms with E-state index in [0.29, 0.717) is 12.1 Å². The second kappa shape index (κ2) is 6.40. The number of aromatic nitrogens is 2. The SMILES string of the molecule is CC1CC(c2c(S(C)(=O)=O)ccc(C(=O)c3c[nH]n(C)c3=O)c2Cl)=NO1. The normalized spacial score (nSPS) is 17.1. The number of halogens is 1. The van der Waals surface area contributed by atoms with Crippen LogP contribution in [-0.2, 0) is 21.7 Å². The number of hydrogen-bond donors (Lipinski definition) is 1. The van der Waals surface area contributed by atoms with Gasteiger partial charge in [0, 0.05) is 37.0 Å². The molecule has 0 fully saturated rings. The summed E-state index contributed by atoms with van der Waals surface area (Å²) in [7, 11) is -2.15. The van der Waals surface area contributed by atoms with E-state index in [2.05, 4.69) is 10.3 Å². The number of aromatic amines is 1. The highest BCUT2D eigenvalue weighted by molar-refractivity contribution is 7.90. The Morgan fingerprint density at radius 3 is 2.58 bits per heavy atom. The molecule has 0 radical (unpaired) electrons. The molecule has 1 N–H and O–H groups in total. The van der Waals surface area contributed by atoms with Gasteiger partial charge < -0.3 is 9.94 Å². The van der Waals surface area contributed by atoms with Gasteiger partial charge in [0.2, 0.25) is 5.78 Å². The zero-order valence-electron chi connectivity index (χ0n) is 14.2. The van der Waals surface area contributed by atoms with Gasteiger partial charge >= 0.3 is 0 Å². The molecule has 138 valence electrons. The quantitative estimate of drug-likeness (QED) is 0.786. The van der Waals surface area contributed by atoms with Gasteiger partial charge in [-0.05, 0) is 19.1 Å². The van der Waals surface area contributed by atoms with Crippen LogP contribution in [0.4, 0.5) is 0 Å². The number of nitrogens with one attached hydrogen (secondary N) is 1. The van der Waals surface area contributed by atoms with Crippen LogP contribution in [0.15, 0.2) is 33.2 Å². The lowest BCUT2D eigenvalue weighted by Crippen LogP contribution is -2.20. The number of benzene rings is 1. The molecule has 1 aromatic carbocycles. The number of H-pyrrole nitrogens is 1. The van der Waals surface area contributed by atoms with Crippen molar-refractivity contribution in [3.05, 3.63) is 50.4 Å². The van der Waals surface area contributed by atoms with E-state index >= 15 is 0 Å². The summed E-state index contributed by atoms with van der Waals surface area (Å²) in [6, 6.07) is 2.60. The average molecular weight is 398 g/mol. The van der Waals surface area contributed by atoms with E-state index in [9.17, 15) is 18.0 Å². The van der Waals surface area contributed by atoms with Gasteiger partial charge in [-0.15, -0.1) is 0 Å². The fourth-order valence-electron chi connectivity index (χ4n) is 2.73. The van der Waals surface area contributed by atoms with Crippen molar-refractivity contribution >= 4 is 32.9 Å². The molecule has 1 aromatic heterocycles. The summed E-state index contributed by atoms with van der Waals surface area (Å²) in [4.78, 5) is 29.9. The maximum atomic E-state index is 12.8. The Bertz CT molecular complexity index is 1100. The molecular formula is C16H16ClN3O5S. The third-order valence-electron chi connectivity index (χ3n) is 4.04. The minimum absolute atomic E-state index is 0.0213. The molecule has 1 aliphatic rings. The summed E-state index contributed by atoms with van der Waals surface area (Å²) in [6.45, 7) is 1.78. The molecule has 0 aliphatic carbocycles. The van der Waals surface area contributed by atoms with E-state index < -0.39 is 21.2 Å². The highest BCUT2D eigenvalue weighted by atomic mass is 35.5. The van der Waals surface area contributed by atoms with Crippen LogP contribution in [0.1, 0.15) is 34.8 Å². The van der Waals surface area contributed by atoms with Gasteiger partial charge in [0.15, 0.2) is 9.84 Å². The molecule has 0 bridgehead atoms. The van der Waals surface area contributed by atoms with E-state index in [1.807, 2.05) is 0 Å². The maximum absolute atomic E-state index is 12.8. The molecule has 10 heteroatoms. The Morgan fingerprint density at radius 1 is 1.38 bits per heavy atom. The van der Waals surface area contributed by atoms with E-state index in [-0.39, 0.29) is 32.7 Å². The van der Waals surface area contributed by atoms with Crippen molar-refractivity contribution in [1.29, 1.82) is 0 Å². The number of rotatable bonds is 4. The van der Waals surface area contributed by atoms with Crippen LogP contribution in [0.3, 0.4) is 0 Å². The number of ketones is 1. The molecule has 2 heterocycles. The summed E-state index contributed by atoms with van der Waals surface area (Å²) < 4.78 is 25.5. The van der Waals surface area contributed by atoms with Crippen molar-refractivity contribution in [2.45, 2.75) is 24.3 Å². The number of carbonyl (C=O) groups is 1. The second-order valence-electron chi connectivity index (χ2n) is 6.11. The van der Waals surface area contributed by atoms with Gasteiger partial charge in [-0.2, -0.15) is 0 Å². The van der Waals surface area contributed by atoms with Crippen molar-refractivity contribution < 1.29 is 18.0 Å². The Balaban J connectivity index is 2.22. The molecule has 8 nitrogen and oxygen atoms in total. The Labute approximate surface area is 154 Å². The van der Waals surface area contributed by atoms with Crippen molar-refractivity contribution in [3.63, 3.8) is 0 Å². The van der Waals surface area contributed by atoms with Gasteiger partial charge in [0.25, 0.3) is 5.56 Å². The van der Waals surface area contributed by atoms with Gasteiger partial charge in [-0.3, -0.25) is 14.3 Å². The Kier molecular flexibility index (Phi) is 4.53. The third-order valence-corrected chi connectivity index (χ3v) is 5.57. The van der Waals surface area contributed by atoms with E-state index in [1.165, 1.54) is 25.4 Å². The number of nitrogens with zero attached hydrogens (tertiary/aromatic N) is 2. The zero-order chi connectivity index (χ0) is 19.2. The molecule has 3 rings (SSSR count). The smallest absolute Gasteiger partial charge is 0.277 e. The van der Waals surface area contributed by atoms with Crippen LogP contribution in [0.2, 0.25) is 5.02 Å². The van der Waals surface area contributed by atoms with Crippen molar-refractivity contribution in [2.24, 2.45) is 12.2 Å². The molecular weight excluding hydrogens is 382 g/mol. The first kappa shape index (κ1) is 18.4. The first-order valence-electron chi connectivity index (χ1n) is 7.66. The fraction of sp³-hybridized carbons (Fsp3) is 0.312. The van der Waals surface area contributed by atoms with Gasteiger partial charge in [-0.1, -0.05) is 16.8 Å². The van der Waals surface area contributed by atoms with Crippen LogP contribution in [0.5, 0.6) is 0 Å². The summed E-state index contributed by atoms with van der Waals surface area (Å²) >= 11 is 6.41. The summed E-state index contributed by atoms with van der Waals surface area (Å²) in [6.07, 6.45) is 2.45. The third kappa shape index (κ3) is 3.08. The van der Waals surface area contributed by atoms with E-state index in [1.54, 1.807) is 6.92 Å². The van der Waals surface area contributed by atoms with Crippen LogP contribution < -0.4 is 5.56 Å². The topological polar surface area (TPSA) is 111 Å². The van der Waals surface area contributed by atoms with Gasteiger partial charge in [0.05, 0.1) is 15.6 Å². The summed E-state index contributed by atoms with van der Waals surface area (Å²) in [5.41, 5.74) is -0.0929. The zero-order valence-corrected chi connectivity index (χ0v) is 15.8. The molecule has 0 saturated heterocycles. The lowest BCUT2D eigenvalue weighted by atomic mass is 9.99. The highest BCUT2D eigenvalue weighted by Crippen LogP contribution is 2.32. The Hall–Kier alpha value is -2.39. The first-order chi connectivity index (χ1) is 12.1.